The van der Waals surface area contributed by atoms with E-state index in [0.717, 1.165) is 24.2 Å². The van der Waals surface area contributed by atoms with E-state index in [1.165, 1.54) is 0 Å². The van der Waals surface area contributed by atoms with E-state index in [0.29, 0.717) is 12.8 Å². The Hall–Kier alpha value is -1.63. The van der Waals surface area contributed by atoms with Crippen LogP contribution in [-0.4, -0.2) is 34.8 Å². The third kappa shape index (κ3) is 1.97. The van der Waals surface area contributed by atoms with Crippen molar-refractivity contribution in [3.05, 3.63) is 0 Å². The van der Waals surface area contributed by atoms with E-state index in [2.05, 4.69) is 5.32 Å². The van der Waals surface area contributed by atoms with E-state index in [1.807, 2.05) is 5.43 Å². The molecule has 1 aliphatic carbocycles. The lowest BCUT2D eigenvalue weighted by Crippen LogP contribution is -2.49. The molecule has 2 rings (SSSR count). The second-order valence-corrected chi connectivity index (χ2v) is 4.53. The van der Waals surface area contributed by atoms with Gasteiger partial charge in [-0.3, -0.25) is 19.9 Å². The molecule has 4 amide bonds. The summed E-state index contributed by atoms with van der Waals surface area (Å²) < 4.78 is 0. The van der Waals surface area contributed by atoms with Crippen LogP contribution in [0.1, 0.15) is 32.1 Å². The highest BCUT2D eigenvalue weighted by Crippen LogP contribution is 2.33. The number of hydrogen-bond donors (Lipinski definition) is 3. The van der Waals surface area contributed by atoms with Crippen molar-refractivity contribution in [2.75, 3.05) is 6.54 Å². The molecule has 0 aromatic rings. The molecular formula is C10H16N4O3. The number of nitrogens with zero attached hydrogens (tertiary/aromatic N) is 1. The minimum Gasteiger partial charge on any atom is -0.323 e. The maximum absolute atomic E-state index is 12.2. The predicted octanol–water partition coefficient (Wildman–Crippen LogP) is -0.769. The maximum Gasteiger partial charge on any atom is 0.325 e. The van der Waals surface area contributed by atoms with Crippen molar-refractivity contribution in [3.63, 3.8) is 0 Å². The second-order valence-electron chi connectivity index (χ2n) is 4.53. The van der Waals surface area contributed by atoms with E-state index < -0.39 is 17.5 Å². The number of hydrazine groups is 1. The van der Waals surface area contributed by atoms with Crippen LogP contribution in [0.25, 0.3) is 0 Å². The van der Waals surface area contributed by atoms with Crippen LogP contribution in [0, 0.1) is 0 Å². The summed E-state index contributed by atoms with van der Waals surface area (Å²) >= 11 is 0. The van der Waals surface area contributed by atoms with Gasteiger partial charge in [0, 0.05) is 0 Å². The maximum atomic E-state index is 12.2. The molecule has 2 aliphatic rings. The second kappa shape index (κ2) is 4.33. The van der Waals surface area contributed by atoms with E-state index >= 15 is 0 Å². The van der Waals surface area contributed by atoms with E-state index in [1.54, 1.807) is 0 Å². The summed E-state index contributed by atoms with van der Waals surface area (Å²) in [4.78, 5) is 35.9. The highest BCUT2D eigenvalue weighted by molar-refractivity contribution is 6.09. The lowest BCUT2D eigenvalue weighted by Gasteiger charge is -2.30. The Bertz CT molecular complexity index is 363. The van der Waals surface area contributed by atoms with Gasteiger partial charge in [-0.05, 0) is 12.8 Å². The number of imide groups is 1. The minimum atomic E-state index is -0.774. The summed E-state index contributed by atoms with van der Waals surface area (Å²) in [6.07, 6.45) is 4.22. The first-order valence-corrected chi connectivity index (χ1v) is 5.73. The first-order valence-electron chi connectivity index (χ1n) is 5.73. The molecule has 7 nitrogen and oxygen atoms in total. The number of urea groups is 1. The molecule has 1 aliphatic heterocycles. The third-order valence-electron chi connectivity index (χ3n) is 3.42. The van der Waals surface area contributed by atoms with Crippen LogP contribution in [0.2, 0.25) is 0 Å². The van der Waals surface area contributed by atoms with Gasteiger partial charge in [0.15, 0.2) is 0 Å². The van der Waals surface area contributed by atoms with Crippen LogP contribution in [0.4, 0.5) is 4.79 Å². The van der Waals surface area contributed by atoms with Gasteiger partial charge in [0.1, 0.15) is 12.1 Å². The zero-order valence-electron chi connectivity index (χ0n) is 9.49. The minimum absolute atomic E-state index is 0.300. The van der Waals surface area contributed by atoms with Gasteiger partial charge in [0.05, 0.1) is 0 Å². The number of nitrogens with two attached hydrogens (primary N) is 1. The zero-order valence-corrected chi connectivity index (χ0v) is 9.49. The molecule has 1 spiro atoms. The van der Waals surface area contributed by atoms with E-state index in [4.69, 9.17) is 5.84 Å². The summed E-state index contributed by atoms with van der Waals surface area (Å²) in [5.41, 5.74) is 1.14. The molecule has 0 unspecified atom stereocenters. The Balaban J connectivity index is 2.13. The van der Waals surface area contributed by atoms with E-state index in [9.17, 15) is 14.4 Å². The molecule has 17 heavy (non-hydrogen) atoms. The van der Waals surface area contributed by atoms with Crippen LogP contribution >= 0.6 is 0 Å². The summed E-state index contributed by atoms with van der Waals surface area (Å²) in [5.74, 6) is 4.09. The summed E-state index contributed by atoms with van der Waals surface area (Å²) in [6.45, 7) is -0.317. The Kier molecular flexibility index (Phi) is 3.01. The van der Waals surface area contributed by atoms with Gasteiger partial charge >= 0.3 is 6.03 Å². The molecule has 1 saturated heterocycles. The van der Waals surface area contributed by atoms with Crippen molar-refractivity contribution in [3.8, 4) is 0 Å². The number of nitrogens with one attached hydrogen (secondary N) is 2. The summed E-state index contributed by atoms with van der Waals surface area (Å²) in [5, 5.41) is 2.72. The number of amides is 4. The Labute approximate surface area is 98.7 Å². The fourth-order valence-corrected chi connectivity index (χ4v) is 2.50. The number of hydrogen-bond acceptors (Lipinski definition) is 4. The Morgan fingerprint density at radius 2 is 2.00 bits per heavy atom. The van der Waals surface area contributed by atoms with Crippen molar-refractivity contribution >= 4 is 17.8 Å². The molecule has 0 aromatic heterocycles. The van der Waals surface area contributed by atoms with Gasteiger partial charge in [0.2, 0.25) is 0 Å². The SMILES string of the molecule is NNC(=O)CN1C(=O)NC2(CCCCC2)C1=O. The van der Waals surface area contributed by atoms with E-state index in [-0.39, 0.29) is 12.5 Å². The van der Waals surface area contributed by atoms with Crippen molar-refractivity contribution < 1.29 is 14.4 Å². The van der Waals surface area contributed by atoms with Crippen LogP contribution in [-0.2, 0) is 9.59 Å². The molecule has 0 bridgehead atoms. The highest BCUT2D eigenvalue weighted by atomic mass is 16.2. The Morgan fingerprint density at radius 1 is 1.35 bits per heavy atom. The fourth-order valence-electron chi connectivity index (χ4n) is 2.50. The van der Waals surface area contributed by atoms with Gasteiger partial charge in [-0.15, -0.1) is 0 Å². The molecule has 94 valence electrons. The standard InChI is InChI=1S/C10H16N4O3/c11-13-7(15)6-14-8(16)10(12-9(14)17)4-2-1-3-5-10/h1-6,11H2,(H,12,17)(H,13,15). The molecule has 2 fully saturated rings. The van der Waals surface area contributed by atoms with Crippen LogP contribution < -0.4 is 16.6 Å². The zero-order chi connectivity index (χ0) is 12.5. The van der Waals surface area contributed by atoms with Crippen LogP contribution in [0.3, 0.4) is 0 Å². The molecule has 0 aromatic carbocycles. The lowest BCUT2D eigenvalue weighted by atomic mass is 9.82. The van der Waals surface area contributed by atoms with Gasteiger partial charge in [-0.2, -0.15) is 0 Å². The smallest absolute Gasteiger partial charge is 0.323 e. The average Bonchev–Trinajstić information content (AvgIpc) is 2.55. The Morgan fingerprint density at radius 3 is 2.59 bits per heavy atom. The van der Waals surface area contributed by atoms with Crippen molar-refractivity contribution in [1.82, 2.24) is 15.6 Å². The van der Waals surface area contributed by atoms with Crippen molar-refractivity contribution in [2.45, 2.75) is 37.6 Å². The van der Waals surface area contributed by atoms with Gasteiger partial charge in [-0.25, -0.2) is 10.6 Å². The highest BCUT2D eigenvalue weighted by Gasteiger charge is 2.51. The lowest BCUT2D eigenvalue weighted by molar-refractivity contribution is -0.135. The molecule has 1 saturated carbocycles. The summed E-state index contributed by atoms with van der Waals surface area (Å²) in [6, 6.07) is -0.500. The molecule has 4 N–H and O–H groups in total. The number of rotatable bonds is 2. The quantitative estimate of drug-likeness (QED) is 0.255. The fraction of sp³-hybridized carbons (Fsp3) is 0.700. The molecule has 0 atom stereocenters. The monoisotopic (exact) mass is 240 g/mol. The van der Waals surface area contributed by atoms with Crippen molar-refractivity contribution in [1.29, 1.82) is 0 Å². The van der Waals surface area contributed by atoms with Gasteiger partial charge < -0.3 is 5.32 Å². The van der Waals surface area contributed by atoms with Crippen LogP contribution in [0.5, 0.6) is 0 Å². The molecule has 1 heterocycles. The van der Waals surface area contributed by atoms with Gasteiger partial charge in [-0.1, -0.05) is 19.3 Å². The summed E-state index contributed by atoms with van der Waals surface area (Å²) in [7, 11) is 0. The number of carbonyl (C=O) groups excluding carboxylic acids is 3. The largest absolute Gasteiger partial charge is 0.325 e. The predicted molar refractivity (Wildman–Crippen MR) is 58.4 cm³/mol. The number of carbonyl (C=O) groups is 3. The first-order chi connectivity index (χ1) is 8.09. The van der Waals surface area contributed by atoms with Gasteiger partial charge in [0.25, 0.3) is 11.8 Å². The first kappa shape index (κ1) is 11.8. The van der Waals surface area contributed by atoms with Crippen LogP contribution in [0.15, 0.2) is 0 Å². The molecule has 0 radical (unpaired) electrons. The van der Waals surface area contributed by atoms with Crippen molar-refractivity contribution in [2.24, 2.45) is 5.84 Å². The third-order valence-corrected chi connectivity index (χ3v) is 3.42. The molecule has 7 heteroatoms. The topological polar surface area (TPSA) is 105 Å². The normalized spacial score (nSPS) is 22.8. The average molecular weight is 240 g/mol. The molecular weight excluding hydrogens is 224 g/mol.